The summed E-state index contributed by atoms with van der Waals surface area (Å²) in [5.41, 5.74) is 4.05. The number of hydrogen-bond acceptors (Lipinski definition) is 4. The molecule has 0 radical (unpaired) electrons. The summed E-state index contributed by atoms with van der Waals surface area (Å²) in [5.74, 6) is -0.0102. The van der Waals surface area contributed by atoms with Crippen LogP contribution < -0.4 is 4.57 Å². The van der Waals surface area contributed by atoms with Crippen LogP contribution in [0.2, 0.25) is 0 Å². The van der Waals surface area contributed by atoms with Crippen molar-refractivity contribution in [3.8, 4) is 28.3 Å². The molecule has 0 atom stereocenters. The molecule has 0 saturated carbocycles. The summed E-state index contributed by atoms with van der Waals surface area (Å²) in [6.45, 7) is 2.07. The first-order chi connectivity index (χ1) is 14.3. The lowest BCUT2D eigenvalue weighted by atomic mass is 10.0. The van der Waals surface area contributed by atoms with Gasteiger partial charge in [0.2, 0.25) is 0 Å². The maximum Gasteiger partial charge on any atom is 0.438 e. The van der Waals surface area contributed by atoms with E-state index in [1.807, 2.05) is 72.8 Å². The normalized spacial score (nSPS) is 10.5. The highest BCUT2D eigenvalue weighted by Gasteiger charge is 2.26. The van der Waals surface area contributed by atoms with E-state index < -0.39 is 5.97 Å². The van der Waals surface area contributed by atoms with Gasteiger partial charge in [-0.2, -0.15) is 4.57 Å². The van der Waals surface area contributed by atoms with Crippen molar-refractivity contribution in [2.45, 2.75) is 6.92 Å². The van der Waals surface area contributed by atoms with Crippen LogP contribution in [-0.4, -0.2) is 22.5 Å². The number of ether oxygens (including phenoxy) is 1. The molecule has 0 aliphatic carbocycles. The Labute approximate surface area is 169 Å². The van der Waals surface area contributed by atoms with E-state index in [9.17, 15) is 4.79 Å². The highest BCUT2D eigenvalue weighted by Crippen LogP contribution is 2.26. The van der Waals surface area contributed by atoms with Gasteiger partial charge in [0.15, 0.2) is 5.69 Å². The van der Waals surface area contributed by atoms with Gasteiger partial charge in [0, 0.05) is 11.6 Å². The summed E-state index contributed by atoms with van der Waals surface area (Å²) < 4.78 is 7.11. The minimum absolute atomic E-state index is 0.282. The molecule has 4 aromatic rings. The van der Waals surface area contributed by atoms with E-state index in [1.165, 1.54) is 0 Å². The Kier molecular flexibility index (Phi) is 5.38. The maximum atomic E-state index is 12.9. The zero-order valence-electron chi connectivity index (χ0n) is 16.0. The predicted octanol–water partition coefficient (Wildman–Crippen LogP) is 4.26. The summed E-state index contributed by atoms with van der Waals surface area (Å²) in [5, 5.41) is 0. The first kappa shape index (κ1) is 18.5. The van der Waals surface area contributed by atoms with Crippen molar-refractivity contribution < 1.29 is 14.1 Å². The van der Waals surface area contributed by atoms with Gasteiger partial charge in [0.05, 0.1) is 6.61 Å². The number of nitrogens with zero attached hydrogens (tertiary/aromatic N) is 3. The van der Waals surface area contributed by atoms with Crippen molar-refractivity contribution >= 4 is 5.97 Å². The summed E-state index contributed by atoms with van der Waals surface area (Å²) in [6, 6.07) is 25.5. The van der Waals surface area contributed by atoms with Crippen molar-refractivity contribution in [2.24, 2.45) is 0 Å². The molecule has 0 amide bonds. The molecule has 2 heterocycles. The van der Waals surface area contributed by atoms with E-state index in [-0.39, 0.29) is 6.61 Å². The van der Waals surface area contributed by atoms with E-state index in [2.05, 4.69) is 9.97 Å². The highest BCUT2D eigenvalue weighted by atomic mass is 16.5. The summed E-state index contributed by atoms with van der Waals surface area (Å²) in [4.78, 5) is 21.7. The third-order valence-electron chi connectivity index (χ3n) is 4.48. The number of hydrogen-bond donors (Lipinski definition) is 0. The molecule has 0 bridgehead atoms. The Hall–Kier alpha value is -3.86. The molecule has 5 nitrogen and oxygen atoms in total. The quantitative estimate of drug-likeness (QED) is 0.382. The molecule has 0 spiro atoms. The van der Waals surface area contributed by atoms with Gasteiger partial charge in [-0.15, -0.1) is 0 Å². The van der Waals surface area contributed by atoms with Crippen LogP contribution in [0.3, 0.4) is 0 Å². The fourth-order valence-corrected chi connectivity index (χ4v) is 3.19. The van der Waals surface area contributed by atoms with E-state index >= 15 is 0 Å². The minimum atomic E-state index is -0.421. The lowest BCUT2D eigenvalue weighted by Gasteiger charge is -2.14. The number of benzene rings is 2. The van der Waals surface area contributed by atoms with Crippen molar-refractivity contribution in [3.63, 3.8) is 0 Å². The third-order valence-corrected chi connectivity index (χ3v) is 4.48. The predicted molar refractivity (Wildman–Crippen MR) is 110 cm³/mol. The molecule has 0 saturated heterocycles. The average Bonchev–Trinajstić information content (AvgIpc) is 2.80. The molecule has 4 rings (SSSR count). The van der Waals surface area contributed by atoms with Gasteiger partial charge in [-0.3, -0.25) is 0 Å². The summed E-state index contributed by atoms with van der Waals surface area (Å²) in [7, 11) is 0. The third kappa shape index (κ3) is 3.89. The van der Waals surface area contributed by atoms with Crippen LogP contribution in [0.5, 0.6) is 0 Å². The number of aromatic nitrogens is 3. The van der Waals surface area contributed by atoms with Crippen LogP contribution in [0, 0.1) is 0 Å². The zero-order valence-corrected chi connectivity index (χ0v) is 16.0. The largest absolute Gasteiger partial charge is 0.460 e. The number of carbonyl (C=O) groups excluding carboxylic acids is 1. The molecule has 142 valence electrons. The molecule has 0 N–H and O–H groups in total. The van der Waals surface area contributed by atoms with E-state index in [0.717, 1.165) is 22.4 Å². The van der Waals surface area contributed by atoms with Crippen LogP contribution in [-0.2, 0) is 4.74 Å². The highest BCUT2D eigenvalue weighted by molar-refractivity contribution is 5.88. The Balaban J connectivity index is 2.05. The van der Waals surface area contributed by atoms with Crippen molar-refractivity contribution in [3.05, 3.63) is 97.0 Å². The Morgan fingerprint density at radius 1 is 0.828 bits per heavy atom. The fraction of sp³-hybridized carbons (Fsp3) is 0.0833. The second-order valence-electron chi connectivity index (χ2n) is 6.35. The smallest absolute Gasteiger partial charge is 0.438 e. The monoisotopic (exact) mass is 382 g/mol. The van der Waals surface area contributed by atoms with Crippen LogP contribution in [0.1, 0.15) is 17.4 Å². The summed E-state index contributed by atoms with van der Waals surface area (Å²) >= 11 is 0. The van der Waals surface area contributed by atoms with Crippen LogP contribution >= 0.6 is 0 Å². The fourth-order valence-electron chi connectivity index (χ4n) is 3.19. The van der Waals surface area contributed by atoms with Gasteiger partial charge in [-0.25, -0.2) is 4.79 Å². The molecular formula is C24H20N3O2+. The van der Waals surface area contributed by atoms with E-state index in [0.29, 0.717) is 11.6 Å². The van der Waals surface area contributed by atoms with Gasteiger partial charge >= 0.3 is 11.9 Å². The Bertz CT molecular complexity index is 1110. The Morgan fingerprint density at radius 2 is 1.45 bits per heavy atom. The van der Waals surface area contributed by atoms with E-state index in [1.54, 1.807) is 30.0 Å². The van der Waals surface area contributed by atoms with Gasteiger partial charge in [0.1, 0.15) is 18.1 Å². The molecular weight excluding hydrogens is 362 g/mol. The van der Waals surface area contributed by atoms with Gasteiger partial charge < -0.3 is 4.74 Å². The topological polar surface area (TPSA) is 56.0 Å². The van der Waals surface area contributed by atoms with Gasteiger partial charge in [-0.05, 0) is 30.2 Å². The van der Waals surface area contributed by atoms with Crippen molar-refractivity contribution in [1.82, 2.24) is 9.97 Å². The average molecular weight is 382 g/mol. The number of esters is 1. The Morgan fingerprint density at radius 3 is 2.07 bits per heavy atom. The lowest BCUT2D eigenvalue weighted by molar-refractivity contribution is -0.595. The molecule has 2 aromatic carbocycles. The number of carbonyl (C=O) groups is 1. The molecule has 29 heavy (non-hydrogen) atoms. The SMILES string of the molecule is CCOC(=O)c1cc(-c2ccccc2)cc(-c2ccccc2)[n+]1-c1ncccn1. The van der Waals surface area contributed by atoms with Gasteiger partial charge in [-0.1, -0.05) is 70.6 Å². The molecule has 0 aliphatic heterocycles. The van der Waals surface area contributed by atoms with Crippen LogP contribution in [0.4, 0.5) is 0 Å². The zero-order chi connectivity index (χ0) is 20.1. The standard InChI is InChI=1S/C24H20N3O2/c1-2-29-23(28)22-17-20(18-10-5-3-6-11-18)16-21(19-12-7-4-8-13-19)27(22)24-25-14-9-15-26-24/h3-17H,2H2,1H3/q+1. The maximum absolute atomic E-state index is 12.9. The number of pyridine rings is 1. The number of rotatable bonds is 5. The van der Waals surface area contributed by atoms with Gasteiger partial charge in [0.25, 0.3) is 0 Å². The lowest BCUT2D eigenvalue weighted by Crippen LogP contribution is -2.42. The minimum Gasteiger partial charge on any atom is -0.460 e. The van der Waals surface area contributed by atoms with Crippen LogP contribution in [0.25, 0.3) is 28.3 Å². The first-order valence-electron chi connectivity index (χ1n) is 9.43. The molecule has 0 fully saturated rings. The van der Waals surface area contributed by atoms with Crippen molar-refractivity contribution in [1.29, 1.82) is 0 Å². The first-order valence-corrected chi connectivity index (χ1v) is 9.43. The van der Waals surface area contributed by atoms with Crippen LogP contribution in [0.15, 0.2) is 91.3 Å². The molecule has 2 aromatic heterocycles. The summed E-state index contributed by atoms with van der Waals surface area (Å²) in [6.07, 6.45) is 3.31. The molecule has 0 unspecified atom stereocenters. The second-order valence-corrected chi connectivity index (χ2v) is 6.35. The molecule has 0 aliphatic rings. The second kappa shape index (κ2) is 8.44. The van der Waals surface area contributed by atoms with Crippen molar-refractivity contribution in [2.75, 3.05) is 6.61 Å². The molecule has 5 heteroatoms. The van der Waals surface area contributed by atoms with E-state index in [4.69, 9.17) is 4.74 Å².